The van der Waals surface area contributed by atoms with Crippen LogP contribution in [0.2, 0.25) is 0 Å². The Morgan fingerprint density at radius 1 is 0.969 bits per heavy atom. The molecule has 3 aromatic rings. The summed E-state index contributed by atoms with van der Waals surface area (Å²) in [7, 11) is 0. The second-order valence-corrected chi connectivity index (χ2v) is 7.46. The molecule has 0 aliphatic rings. The van der Waals surface area contributed by atoms with Crippen LogP contribution in [0.25, 0.3) is 5.70 Å². The minimum Gasteiger partial charge on any atom is -0.506 e. The minimum absolute atomic E-state index is 0.00954. The number of aryl methyl sites for hydroxylation is 2. The Balaban J connectivity index is 0.000000380. The Kier molecular flexibility index (Phi) is 8.34. The summed E-state index contributed by atoms with van der Waals surface area (Å²) in [6.45, 7) is 4.33. The summed E-state index contributed by atoms with van der Waals surface area (Å²) in [5.41, 5.74) is 27.9. The highest BCUT2D eigenvalue weighted by molar-refractivity contribution is 5.76. The third kappa shape index (κ3) is 6.31. The third-order valence-electron chi connectivity index (χ3n) is 4.81. The molecule has 32 heavy (non-hydrogen) atoms. The van der Waals surface area contributed by atoms with Crippen molar-refractivity contribution >= 4 is 22.8 Å². The molecule has 0 heterocycles. The zero-order valence-electron chi connectivity index (χ0n) is 18.4. The number of phenolic OH excluding ortho intramolecular Hbond substituents is 2. The fourth-order valence-corrected chi connectivity index (χ4v) is 3.00. The van der Waals surface area contributed by atoms with Crippen molar-refractivity contribution < 1.29 is 10.2 Å². The van der Waals surface area contributed by atoms with Crippen molar-refractivity contribution in [1.82, 2.24) is 0 Å². The molecule has 3 aromatic carbocycles. The Morgan fingerprint density at radius 3 is 2.25 bits per heavy atom. The molecule has 8 nitrogen and oxygen atoms in total. The van der Waals surface area contributed by atoms with Gasteiger partial charge in [0.15, 0.2) is 0 Å². The van der Waals surface area contributed by atoms with E-state index in [-0.39, 0.29) is 22.9 Å². The Bertz CT molecular complexity index is 1080. The van der Waals surface area contributed by atoms with Crippen LogP contribution in [0.4, 0.5) is 17.1 Å². The number of nitrogen functional groups attached to an aromatic ring is 2. The molecule has 0 fully saturated rings. The van der Waals surface area contributed by atoms with E-state index in [1.54, 1.807) is 30.3 Å². The predicted octanol–water partition coefficient (Wildman–Crippen LogP) is 2.70. The molecule has 0 bridgehead atoms. The first kappa shape index (κ1) is 24.4. The van der Waals surface area contributed by atoms with E-state index in [1.807, 2.05) is 38.1 Å². The lowest BCUT2D eigenvalue weighted by Crippen LogP contribution is -2.26. The van der Waals surface area contributed by atoms with Crippen LogP contribution in [0.15, 0.2) is 60.8 Å². The largest absolute Gasteiger partial charge is 0.506 e. The van der Waals surface area contributed by atoms with E-state index in [4.69, 9.17) is 28.8 Å². The normalized spacial score (nSPS) is 10.9. The molecule has 0 radical (unpaired) electrons. The molecule has 12 N–H and O–H groups in total. The summed E-state index contributed by atoms with van der Waals surface area (Å²) < 4.78 is 0. The first-order valence-electron chi connectivity index (χ1n) is 10.1. The zero-order chi connectivity index (χ0) is 23.8. The van der Waals surface area contributed by atoms with Gasteiger partial charge in [0, 0.05) is 17.5 Å². The lowest BCUT2D eigenvalue weighted by atomic mass is 10.1. The zero-order valence-corrected chi connectivity index (χ0v) is 18.4. The minimum atomic E-state index is -0.108. The number of hydrogen-bond donors (Lipinski definition) is 7. The fourth-order valence-electron chi connectivity index (χ4n) is 3.00. The quantitative estimate of drug-likeness (QED) is 0.138. The van der Waals surface area contributed by atoms with Gasteiger partial charge in [-0.25, -0.2) is 5.84 Å². The maximum atomic E-state index is 10.1. The van der Waals surface area contributed by atoms with E-state index < -0.39 is 0 Å². The van der Waals surface area contributed by atoms with Gasteiger partial charge in [-0.1, -0.05) is 24.3 Å². The second kappa shape index (κ2) is 10.9. The topological polar surface area (TPSA) is 174 Å². The Hall–Kier alpha value is -3.88. The van der Waals surface area contributed by atoms with E-state index in [9.17, 15) is 10.2 Å². The van der Waals surface area contributed by atoms with Crippen molar-refractivity contribution in [3.63, 3.8) is 0 Å². The summed E-state index contributed by atoms with van der Waals surface area (Å²) in [6, 6.07) is 16.2. The maximum absolute atomic E-state index is 10.1. The van der Waals surface area contributed by atoms with Crippen LogP contribution in [-0.2, 0) is 6.42 Å². The highest BCUT2D eigenvalue weighted by Crippen LogP contribution is 2.32. The molecule has 0 spiro atoms. The van der Waals surface area contributed by atoms with Gasteiger partial charge in [-0.3, -0.25) is 5.01 Å². The summed E-state index contributed by atoms with van der Waals surface area (Å²) in [4.78, 5) is 0. The van der Waals surface area contributed by atoms with Gasteiger partial charge in [0.2, 0.25) is 0 Å². The fraction of sp³-hybridized carbons (Fsp3) is 0.167. The van der Waals surface area contributed by atoms with Crippen LogP contribution in [0, 0.1) is 13.8 Å². The van der Waals surface area contributed by atoms with Gasteiger partial charge >= 0.3 is 0 Å². The standard InChI is InChI=1S/C17H23N5O2.C7H9N/c1-10-6-12(17(24)13(19)7-10)14(20)9-22(21)15-8-11(4-5-18)2-3-16(15)23;1-6-4-2-3-5-7(6)8/h2-3,6-9,23-24H,4-5,18-21H2,1H3;2-5H,8H2,1H3/b14-9-;. The van der Waals surface area contributed by atoms with Gasteiger partial charge in [0.25, 0.3) is 0 Å². The monoisotopic (exact) mass is 436 g/mol. The Labute approximate surface area is 188 Å². The van der Waals surface area contributed by atoms with Crippen LogP contribution in [0.1, 0.15) is 22.3 Å². The van der Waals surface area contributed by atoms with E-state index in [1.165, 1.54) is 11.2 Å². The highest BCUT2D eigenvalue weighted by Gasteiger charge is 2.12. The van der Waals surface area contributed by atoms with E-state index in [0.29, 0.717) is 24.2 Å². The Morgan fingerprint density at radius 2 is 1.66 bits per heavy atom. The number of para-hydroxylation sites is 1. The highest BCUT2D eigenvalue weighted by atomic mass is 16.3. The van der Waals surface area contributed by atoms with Crippen molar-refractivity contribution in [2.24, 2.45) is 17.3 Å². The molecule has 0 aliphatic carbocycles. The van der Waals surface area contributed by atoms with Gasteiger partial charge in [-0.2, -0.15) is 0 Å². The van der Waals surface area contributed by atoms with Crippen LogP contribution in [-0.4, -0.2) is 16.8 Å². The second-order valence-electron chi connectivity index (χ2n) is 7.46. The maximum Gasteiger partial charge on any atom is 0.147 e. The molecule has 0 unspecified atom stereocenters. The summed E-state index contributed by atoms with van der Waals surface area (Å²) in [5, 5.41) is 21.3. The first-order valence-corrected chi connectivity index (χ1v) is 10.1. The summed E-state index contributed by atoms with van der Waals surface area (Å²) >= 11 is 0. The number of hydrazine groups is 1. The predicted molar refractivity (Wildman–Crippen MR) is 133 cm³/mol. The van der Waals surface area contributed by atoms with Crippen molar-refractivity contribution in [3.8, 4) is 11.5 Å². The molecular weight excluding hydrogens is 404 g/mol. The molecule has 170 valence electrons. The molecule has 3 rings (SSSR count). The van der Waals surface area contributed by atoms with Gasteiger partial charge in [0.05, 0.1) is 17.1 Å². The molecule has 0 amide bonds. The number of nitrogens with two attached hydrogens (primary N) is 5. The molecule has 0 saturated carbocycles. The molecule has 0 atom stereocenters. The average Bonchev–Trinajstić information content (AvgIpc) is 2.74. The van der Waals surface area contributed by atoms with Crippen molar-refractivity contribution in [2.75, 3.05) is 23.0 Å². The van der Waals surface area contributed by atoms with Gasteiger partial charge < -0.3 is 33.1 Å². The molecule has 8 heteroatoms. The third-order valence-corrected chi connectivity index (χ3v) is 4.81. The summed E-state index contributed by atoms with van der Waals surface area (Å²) in [6.07, 6.45) is 2.07. The first-order chi connectivity index (χ1) is 15.1. The number of anilines is 3. The molecule has 0 aliphatic heterocycles. The van der Waals surface area contributed by atoms with Crippen molar-refractivity contribution in [3.05, 3.63) is 83.1 Å². The number of hydrogen-bond acceptors (Lipinski definition) is 8. The van der Waals surface area contributed by atoms with Gasteiger partial charge in [-0.05, 0) is 73.8 Å². The van der Waals surface area contributed by atoms with E-state index >= 15 is 0 Å². The van der Waals surface area contributed by atoms with Crippen LogP contribution in [0.3, 0.4) is 0 Å². The van der Waals surface area contributed by atoms with E-state index in [0.717, 1.165) is 22.4 Å². The average molecular weight is 437 g/mol. The van der Waals surface area contributed by atoms with E-state index in [2.05, 4.69) is 0 Å². The lowest BCUT2D eigenvalue weighted by molar-refractivity contribution is 0.475. The number of nitrogens with zero attached hydrogens (tertiary/aromatic N) is 1. The van der Waals surface area contributed by atoms with Crippen molar-refractivity contribution in [2.45, 2.75) is 20.3 Å². The van der Waals surface area contributed by atoms with Gasteiger partial charge in [-0.15, -0.1) is 0 Å². The number of phenols is 2. The van der Waals surface area contributed by atoms with Crippen LogP contribution in [0.5, 0.6) is 11.5 Å². The summed E-state index contributed by atoms with van der Waals surface area (Å²) in [5.74, 6) is 5.90. The van der Waals surface area contributed by atoms with Crippen LogP contribution >= 0.6 is 0 Å². The number of rotatable bonds is 5. The molecular formula is C24H32N6O2. The number of aromatic hydroxyl groups is 2. The number of benzene rings is 3. The lowest BCUT2D eigenvalue weighted by Gasteiger charge is -2.18. The SMILES string of the molecule is Cc1cc(N)c(O)c(/C(N)=C/N(N)c2cc(CCN)ccc2O)c1.Cc1ccccc1N. The van der Waals surface area contributed by atoms with Crippen molar-refractivity contribution in [1.29, 1.82) is 0 Å². The molecule has 0 saturated heterocycles. The smallest absolute Gasteiger partial charge is 0.147 e. The molecule has 0 aromatic heterocycles. The van der Waals surface area contributed by atoms with Gasteiger partial charge in [0.1, 0.15) is 11.5 Å². The van der Waals surface area contributed by atoms with Crippen LogP contribution < -0.4 is 33.8 Å².